The monoisotopic (exact) mass is 417 g/mol. The van der Waals surface area contributed by atoms with Crippen LogP contribution in [0.2, 0.25) is 5.02 Å². The normalized spacial score (nSPS) is 10.5. The van der Waals surface area contributed by atoms with Crippen molar-refractivity contribution in [3.05, 3.63) is 64.7 Å². The van der Waals surface area contributed by atoms with Gasteiger partial charge < -0.3 is 14.0 Å². The van der Waals surface area contributed by atoms with Crippen LogP contribution in [0.5, 0.6) is 11.5 Å². The summed E-state index contributed by atoms with van der Waals surface area (Å²) in [6, 6.07) is 6.37. The fraction of sp³-hybridized carbons (Fsp3) is 0.150. The van der Waals surface area contributed by atoms with Crippen LogP contribution in [0.4, 0.5) is 8.78 Å². The van der Waals surface area contributed by atoms with Gasteiger partial charge in [0.05, 0.1) is 29.6 Å². The number of hydrogen-bond acceptors (Lipinski definition) is 5. The summed E-state index contributed by atoms with van der Waals surface area (Å²) in [6.07, 6.45) is 2.93. The Morgan fingerprint density at radius 2 is 2.10 bits per heavy atom. The van der Waals surface area contributed by atoms with Crippen molar-refractivity contribution in [1.82, 2.24) is 9.55 Å². The van der Waals surface area contributed by atoms with Crippen molar-refractivity contribution in [2.24, 2.45) is 0 Å². The molecule has 148 valence electrons. The maximum Gasteiger partial charge on any atom is 0.363 e. The first-order chi connectivity index (χ1) is 13.9. The van der Waals surface area contributed by atoms with Crippen LogP contribution in [0.3, 0.4) is 0 Å². The summed E-state index contributed by atoms with van der Waals surface area (Å²) < 4.78 is 41.2. The molecule has 0 N–H and O–H groups in total. The lowest BCUT2D eigenvalue weighted by Gasteiger charge is -2.15. The quantitative estimate of drug-likeness (QED) is 0.448. The SMILES string of the molecule is CCn1cnc(C(=O)Oc2cc(Cl)c(OC)c(F)c2-c2ccc(C#N)c(F)c2)c1. The van der Waals surface area contributed by atoms with E-state index < -0.39 is 17.6 Å². The van der Waals surface area contributed by atoms with E-state index in [1.807, 2.05) is 6.92 Å². The molecule has 0 amide bonds. The van der Waals surface area contributed by atoms with E-state index in [0.29, 0.717) is 6.54 Å². The largest absolute Gasteiger partial charge is 0.492 e. The molecule has 0 aliphatic heterocycles. The van der Waals surface area contributed by atoms with E-state index in [2.05, 4.69) is 4.98 Å². The van der Waals surface area contributed by atoms with Crippen LogP contribution in [-0.2, 0) is 6.54 Å². The molecule has 9 heteroatoms. The average Bonchev–Trinajstić information content (AvgIpc) is 3.17. The van der Waals surface area contributed by atoms with E-state index in [-0.39, 0.29) is 38.9 Å². The van der Waals surface area contributed by atoms with Crippen LogP contribution in [0.15, 0.2) is 36.8 Å². The lowest BCUT2D eigenvalue weighted by molar-refractivity contribution is 0.0729. The number of hydrogen-bond donors (Lipinski definition) is 0. The fourth-order valence-electron chi connectivity index (χ4n) is 2.67. The molecule has 0 fully saturated rings. The van der Waals surface area contributed by atoms with Crippen LogP contribution < -0.4 is 9.47 Å². The van der Waals surface area contributed by atoms with Gasteiger partial charge in [0, 0.05) is 18.8 Å². The molecule has 0 bridgehead atoms. The smallest absolute Gasteiger partial charge is 0.363 e. The predicted molar refractivity (Wildman–Crippen MR) is 101 cm³/mol. The Bertz CT molecular complexity index is 1140. The standard InChI is InChI=1S/C20H14ClF2N3O3/c1-3-26-9-15(25-10-26)20(27)29-16-7-13(21)19(28-2)18(23)17(16)11-4-5-12(8-24)14(22)6-11/h4-7,9-10H,3H2,1-2H3. The molecule has 0 saturated heterocycles. The number of aryl methyl sites for hydroxylation is 1. The van der Waals surface area contributed by atoms with Crippen molar-refractivity contribution in [2.75, 3.05) is 7.11 Å². The third-order valence-electron chi connectivity index (χ3n) is 4.13. The van der Waals surface area contributed by atoms with Gasteiger partial charge in [-0.1, -0.05) is 17.7 Å². The third kappa shape index (κ3) is 3.91. The average molecular weight is 418 g/mol. The molecule has 29 heavy (non-hydrogen) atoms. The van der Waals surface area contributed by atoms with Gasteiger partial charge in [0.1, 0.15) is 17.6 Å². The van der Waals surface area contributed by atoms with E-state index in [9.17, 15) is 9.18 Å². The number of ether oxygens (including phenoxy) is 2. The molecule has 0 aliphatic carbocycles. The van der Waals surface area contributed by atoms with Gasteiger partial charge in [-0.2, -0.15) is 5.26 Å². The molecule has 3 aromatic rings. The minimum absolute atomic E-state index is 0.0103. The highest BCUT2D eigenvalue weighted by atomic mass is 35.5. The number of rotatable bonds is 5. The zero-order chi connectivity index (χ0) is 21.1. The molecule has 0 saturated carbocycles. The van der Waals surface area contributed by atoms with Crippen molar-refractivity contribution in [2.45, 2.75) is 13.5 Å². The second-order valence-corrected chi connectivity index (χ2v) is 6.27. The minimum Gasteiger partial charge on any atom is -0.492 e. The molecule has 0 unspecified atom stereocenters. The Balaban J connectivity index is 2.12. The van der Waals surface area contributed by atoms with E-state index in [0.717, 1.165) is 6.07 Å². The van der Waals surface area contributed by atoms with E-state index >= 15 is 4.39 Å². The molecular weight excluding hydrogens is 404 g/mol. The molecule has 2 aromatic carbocycles. The summed E-state index contributed by atoms with van der Waals surface area (Å²) in [7, 11) is 1.22. The van der Waals surface area contributed by atoms with Crippen LogP contribution in [-0.4, -0.2) is 22.6 Å². The van der Waals surface area contributed by atoms with E-state index in [1.54, 1.807) is 10.6 Å². The van der Waals surface area contributed by atoms with Gasteiger partial charge in [-0.25, -0.2) is 18.6 Å². The van der Waals surface area contributed by atoms with E-state index in [4.69, 9.17) is 26.3 Å². The summed E-state index contributed by atoms with van der Waals surface area (Å²) in [4.78, 5) is 16.4. The molecular formula is C20H14ClF2N3O3. The van der Waals surface area contributed by atoms with Crippen LogP contribution in [0, 0.1) is 23.0 Å². The Morgan fingerprint density at radius 1 is 1.34 bits per heavy atom. The molecule has 1 heterocycles. The van der Waals surface area contributed by atoms with Gasteiger partial charge in [0.15, 0.2) is 17.3 Å². The number of nitriles is 1. The van der Waals surface area contributed by atoms with Crippen molar-refractivity contribution in [3.8, 4) is 28.7 Å². The summed E-state index contributed by atoms with van der Waals surface area (Å²) in [5, 5.41) is 8.76. The maximum absolute atomic E-state index is 15.1. The summed E-state index contributed by atoms with van der Waals surface area (Å²) in [6.45, 7) is 2.46. The first kappa shape index (κ1) is 20.3. The Hall–Kier alpha value is -3.44. The Kier molecular flexibility index (Phi) is 5.80. The fourth-order valence-corrected chi connectivity index (χ4v) is 2.93. The number of carbonyl (C=O) groups excluding carboxylic acids is 1. The van der Waals surface area contributed by atoms with Gasteiger partial charge in [0.2, 0.25) is 0 Å². The number of methoxy groups -OCH3 is 1. The van der Waals surface area contributed by atoms with Gasteiger partial charge in [-0.3, -0.25) is 0 Å². The lowest BCUT2D eigenvalue weighted by atomic mass is 10.0. The molecule has 0 spiro atoms. The topological polar surface area (TPSA) is 77.1 Å². The van der Waals surface area contributed by atoms with Crippen LogP contribution >= 0.6 is 11.6 Å². The number of benzene rings is 2. The van der Waals surface area contributed by atoms with Crippen LogP contribution in [0.25, 0.3) is 11.1 Å². The zero-order valence-corrected chi connectivity index (χ0v) is 16.1. The Morgan fingerprint density at radius 3 is 2.69 bits per heavy atom. The van der Waals surface area contributed by atoms with Crippen molar-refractivity contribution in [3.63, 3.8) is 0 Å². The van der Waals surface area contributed by atoms with E-state index in [1.165, 1.54) is 37.8 Å². The zero-order valence-electron chi connectivity index (χ0n) is 15.4. The Labute approximate surface area is 169 Å². The molecule has 0 aliphatic rings. The molecule has 3 rings (SSSR count). The lowest BCUT2D eigenvalue weighted by Crippen LogP contribution is -2.11. The second kappa shape index (κ2) is 8.29. The number of esters is 1. The van der Waals surface area contributed by atoms with Gasteiger partial charge in [-0.05, 0) is 24.6 Å². The highest BCUT2D eigenvalue weighted by Gasteiger charge is 2.24. The number of halogens is 3. The van der Waals surface area contributed by atoms with Gasteiger partial charge >= 0.3 is 5.97 Å². The van der Waals surface area contributed by atoms with Crippen molar-refractivity contribution < 1.29 is 23.0 Å². The summed E-state index contributed by atoms with van der Waals surface area (Å²) >= 11 is 6.04. The number of aromatic nitrogens is 2. The van der Waals surface area contributed by atoms with Crippen molar-refractivity contribution >= 4 is 17.6 Å². The second-order valence-electron chi connectivity index (χ2n) is 5.86. The maximum atomic E-state index is 15.1. The summed E-state index contributed by atoms with van der Waals surface area (Å²) in [5.74, 6) is -3.16. The first-order valence-electron chi connectivity index (χ1n) is 8.39. The number of carbonyl (C=O) groups is 1. The molecule has 6 nitrogen and oxygen atoms in total. The molecule has 0 radical (unpaired) electrons. The number of imidazole rings is 1. The van der Waals surface area contributed by atoms with Crippen LogP contribution in [0.1, 0.15) is 23.0 Å². The summed E-state index contributed by atoms with van der Waals surface area (Å²) in [5.41, 5.74) is -0.399. The van der Waals surface area contributed by atoms with Gasteiger partial charge in [-0.15, -0.1) is 0 Å². The highest BCUT2D eigenvalue weighted by Crippen LogP contribution is 2.42. The third-order valence-corrected chi connectivity index (χ3v) is 4.41. The number of nitrogens with zero attached hydrogens (tertiary/aromatic N) is 3. The minimum atomic E-state index is -0.939. The molecule has 0 atom stereocenters. The predicted octanol–water partition coefficient (Wildman–Crippen LogP) is 4.60. The highest BCUT2D eigenvalue weighted by molar-refractivity contribution is 6.32. The van der Waals surface area contributed by atoms with Gasteiger partial charge in [0.25, 0.3) is 0 Å². The first-order valence-corrected chi connectivity index (χ1v) is 8.77. The molecule has 1 aromatic heterocycles. The van der Waals surface area contributed by atoms with Crippen molar-refractivity contribution in [1.29, 1.82) is 5.26 Å².